The van der Waals surface area contributed by atoms with E-state index in [4.69, 9.17) is 14.2 Å². The highest BCUT2D eigenvalue weighted by Crippen LogP contribution is 2.18. The number of rotatable bonds is 67. The van der Waals surface area contributed by atoms with E-state index < -0.39 is 6.10 Å². The number of hydrogen-bond acceptors (Lipinski definition) is 6. The fourth-order valence-electron chi connectivity index (χ4n) is 10.7. The van der Waals surface area contributed by atoms with Crippen molar-refractivity contribution in [2.75, 3.05) is 13.2 Å². The lowest BCUT2D eigenvalue weighted by Gasteiger charge is -2.18. The molecule has 478 valence electrons. The Morgan fingerprint density at radius 2 is 0.439 bits per heavy atom. The van der Waals surface area contributed by atoms with Crippen molar-refractivity contribution in [3.05, 3.63) is 60.8 Å². The second-order valence-electron chi connectivity index (χ2n) is 24.5. The Morgan fingerprint density at radius 1 is 0.244 bits per heavy atom. The van der Waals surface area contributed by atoms with Gasteiger partial charge in [0.1, 0.15) is 13.2 Å². The molecule has 82 heavy (non-hydrogen) atoms. The fraction of sp³-hybridized carbons (Fsp3) is 0.829. The molecule has 0 fully saturated rings. The summed E-state index contributed by atoms with van der Waals surface area (Å²) in [4.78, 5) is 38.5. The molecular weight excluding hydrogens is 1010 g/mol. The van der Waals surface area contributed by atoms with Crippen LogP contribution in [0, 0.1) is 0 Å². The third-order valence-electron chi connectivity index (χ3n) is 16.2. The number of carbonyl (C=O) groups excluding carboxylic acids is 3. The molecule has 0 amide bonds. The van der Waals surface area contributed by atoms with Gasteiger partial charge in [-0.3, -0.25) is 14.4 Å². The molecule has 0 bridgehead atoms. The minimum absolute atomic E-state index is 0.0751. The summed E-state index contributed by atoms with van der Waals surface area (Å²) in [7, 11) is 0. The number of esters is 3. The third kappa shape index (κ3) is 67.9. The van der Waals surface area contributed by atoms with Crippen LogP contribution in [0.2, 0.25) is 0 Å². The van der Waals surface area contributed by atoms with Crippen molar-refractivity contribution < 1.29 is 28.6 Å². The van der Waals surface area contributed by atoms with Gasteiger partial charge in [-0.25, -0.2) is 0 Å². The van der Waals surface area contributed by atoms with E-state index >= 15 is 0 Å². The first kappa shape index (κ1) is 79.1. The first-order valence-electron chi connectivity index (χ1n) is 36.3. The maximum atomic E-state index is 13.0. The van der Waals surface area contributed by atoms with Crippen molar-refractivity contribution in [2.45, 2.75) is 393 Å². The molecule has 0 heterocycles. The molecule has 6 nitrogen and oxygen atoms in total. The summed E-state index contributed by atoms with van der Waals surface area (Å²) in [5.41, 5.74) is 0. The lowest BCUT2D eigenvalue weighted by molar-refractivity contribution is -0.167. The van der Waals surface area contributed by atoms with Crippen LogP contribution in [0.3, 0.4) is 0 Å². The normalized spacial score (nSPS) is 12.4. The molecule has 0 saturated heterocycles. The number of hydrogen-bond donors (Lipinski definition) is 0. The first-order valence-corrected chi connectivity index (χ1v) is 36.3. The zero-order chi connectivity index (χ0) is 59.2. The largest absolute Gasteiger partial charge is 0.462 e. The van der Waals surface area contributed by atoms with E-state index in [1.165, 1.54) is 270 Å². The van der Waals surface area contributed by atoms with Crippen molar-refractivity contribution in [3.63, 3.8) is 0 Å². The maximum Gasteiger partial charge on any atom is 0.306 e. The van der Waals surface area contributed by atoms with Gasteiger partial charge in [-0.1, -0.05) is 319 Å². The molecule has 0 aromatic carbocycles. The van der Waals surface area contributed by atoms with Crippen molar-refractivity contribution in [1.82, 2.24) is 0 Å². The van der Waals surface area contributed by atoms with Crippen LogP contribution in [0.4, 0.5) is 0 Å². The molecule has 0 aliphatic heterocycles. The molecular formula is C76H138O6. The first-order chi connectivity index (χ1) is 40.5. The van der Waals surface area contributed by atoms with Gasteiger partial charge in [0.15, 0.2) is 6.10 Å². The van der Waals surface area contributed by atoms with Crippen molar-refractivity contribution >= 4 is 17.9 Å². The van der Waals surface area contributed by atoms with Gasteiger partial charge >= 0.3 is 17.9 Å². The highest BCUT2D eigenvalue weighted by molar-refractivity contribution is 5.71. The molecule has 0 spiro atoms. The number of carbonyl (C=O) groups is 3. The minimum Gasteiger partial charge on any atom is -0.462 e. The lowest BCUT2D eigenvalue weighted by Crippen LogP contribution is -2.30. The molecule has 1 unspecified atom stereocenters. The molecule has 0 aliphatic carbocycles. The van der Waals surface area contributed by atoms with Crippen LogP contribution >= 0.6 is 0 Å². The Kier molecular flexibility index (Phi) is 68.1. The van der Waals surface area contributed by atoms with Gasteiger partial charge in [0.2, 0.25) is 0 Å². The van der Waals surface area contributed by atoms with Gasteiger partial charge in [0.25, 0.3) is 0 Å². The van der Waals surface area contributed by atoms with E-state index in [1.807, 2.05) is 0 Å². The van der Waals surface area contributed by atoms with Gasteiger partial charge in [0, 0.05) is 19.3 Å². The monoisotopic (exact) mass is 1150 g/mol. The van der Waals surface area contributed by atoms with Crippen LogP contribution in [-0.2, 0) is 28.6 Å². The Bertz CT molecular complexity index is 1460. The Labute approximate surface area is 510 Å². The molecule has 0 radical (unpaired) electrons. The number of ether oxygens (including phenoxy) is 3. The van der Waals surface area contributed by atoms with Crippen LogP contribution in [0.1, 0.15) is 387 Å². The van der Waals surface area contributed by atoms with E-state index in [-0.39, 0.29) is 31.1 Å². The summed E-state index contributed by atoms with van der Waals surface area (Å²) in [6, 6.07) is 0. The molecule has 0 rings (SSSR count). The van der Waals surface area contributed by atoms with Crippen molar-refractivity contribution in [1.29, 1.82) is 0 Å². The minimum atomic E-state index is -0.780. The van der Waals surface area contributed by atoms with Crippen molar-refractivity contribution in [2.24, 2.45) is 0 Å². The molecule has 0 aromatic rings. The fourth-order valence-corrected chi connectivity index (χ4v) is 10.7. The Balaban J connectivity index is 4.27. The van der Waals surface area contributed by atoms with Gasteiger partial charge < -0.3 is 14.2 Å². The number of unbranched alkanes of at least 4 members (excludes halogenated alkanes) is 46. The zero-order valence-electron chi connectivity index (χ0n) is 55.0. The number of allylic oxidation sites excluding steroid dienone is 10. The topological polar surface area (TPSA) is 78.9 Å². The van der Waals surface area contributed by atoms with Crippen molar-refractivity contribution in [3.8, 4) is 0 Å². The summed E-state index contributed by atoms with van der Waals surface area (Å²) in [5, 5.41) is 0. The zero-order valence-corrected chi connectivity index (χ0v) is 55.0. The second-order valence-corrected chi connectivity index (χ2v) is 24.5. The van der Waals surface area contributed by atoms with E-state index in [9.17, 15) is 14.4 Å². The van der Waals surface area contributed by atoms with E-state index in [0.717, 1.165) is 77.0 Å². The standard InChI is InChI=1S/C76H138O6/c1-4-7-10-13-16-19-22-25-28-30-32-34-36-37-38-39-41-42-44-46-48-51-54-57-60-63-66-69-75(78)81-72-73(71-80-74(77)68-65-62-59-56-53-50-27-24-21-18-15-12-9-6-3)82-76(79)70-67-64-61-58-55-52-49-47-45-43-40-35-33-31-29-26-23-20-17-14-11-8-5-2/h22,24-25,27,30-33,36-37,73H,4-21,23,26,28-29,34-35,38-72H2,1-3H3/b25-22-,27-24-,32-30-,33-31-,37-36-. The average molecular weight is 1150 g/mol. The smallest absolute Gasteiger partial charge is 0.306 e. The predicted octanol–water partition coefficient (Wildman–Crippen LogP) is 25.1. The summed E-state index contributed by atoms with van der Waals surface area (Å²) >= 11 is 0. The average Bonchev–Trinajstić information content (AvgIpc) is 3.48. The van der Waals surface area contributed by atoms with Crippen LogP contribution < -0.4 is 0 Å². The summed E-state index contributed by atoms with van der Waals surface area (Å²) in [5.74, 6) is -0.863. The molecule has 1 atom stereocenters. The van der Waals surface area contributed by atoms with Gasteiger partial charge in [-0.2, -0.15) is 0 Å². The maximum absolute atomic E-state index is 13.0. The van der Waals surface area contributed by atoms with Gasteiger partial charge in [0.05, 0.1) is 0 Å². The van der Waals surface area contributed by atoms with E-state index in [0.29, 0.717) is 19.3 Å². The Morgan fingerprint density at radius 3 is 0.695 bits per heavy atom. The molecule has 0 aromatic heterocycles. The second kappa shape index (κ2) is 70.6. The van der Waals surface area contributed by atoms with Crippen LogP contribution in [0.25, 0.3) is 0 Å². The summed E-state index contributed by atoms with van der Waals surface area (Å²) < 4.78 is 17.0. The van der Waals surface area contributed by atoms with E-state index in [2.05, 4.69) is 81.5 Å². The molecule has 0 aliphatic rings. The lowest BCUT2D eigenvalue weighted by atomic mass is 10.0. The van der Waals surface area contributed by atoms with Crippen LogP contribution in [-0.4, -0.2) is 37.2 Å². The molecule has 6 heteroatoms. The quantitative estimate of drug-likeness (QED) is 0.0261. The predicted molar refractivity (Wildman–Crippen MR) is 358 cm³/mol. The highest BCUT2D eigenvalue weighted by atomic mass is 16.6. The summed E-state index contributed by atoms with van der Waals surface area (Å²) in [6.07, 6.45) is 91.1. The van der Waals surface area contributed by atoms with E-state index in [1.54, 1.807) is 0 Å². The van der Waals surface area contributed by atoms with Gasteiger partial charge in [-0.15, -0.1) is 0 Å². The third-order valence-corrected chi connectivity index (χ3v) is 16.2. The van der Waals surface area contributed by atoms with Gasteiger partial charge in [-0.05, 0) is 109 Å². The Hall–Kier alpha value is -2.89. The van der Waals surface area contributed by atoms with Crippen LogP contribution in [0.5, 0.6) is 0 Å². The highest BCUT2D eigenvalue weighted by Gasteiger charge is 2.19. The molecule has 0 saturated carbocycles. The SMILES string of the molecule is CCCCCCC/C=C\C/C=C\C/C=C\CCCCCCCCCCCCCCC(=O)OCC(COC(=O)CCCCCCC/C=C\CCCCCCC)OC(=O)CCCCCCCCCCCCC/C=C\CCCCCCCCCC. The summed E-state index contributed by atoms with van der Waals surface area (Å²) in [6.45, 7) is 6.67. The van der Waals surface area contributed by atoms with Crippen LogP contribution in [0.15, 0.2) is 60.8 Å². The molecule has 0 N–H and O–H groups in total.